The van der Waals surface area contributed by atoms with Gasteiger partial charge < -0.3 is 9.47 Å². The molecule has 0 amide bonds. The largest absolute Gasteiger partial charge is 0.497 e. The van der Waals surface area contributed by atoms with E-state index >= 15 is 0 Å². The molecule has 5 nitrogen and oxygen atoms in total. The molecule has 1 aromatic carbocycles. The van der Waals surface area contributed by atoms with Crippen LogP contribution in [0.2, 0.25) is 0 Å². The maximum absolute atomic E-state index is 11.4. The van der Waals surface area contributed by atoms with E-state index in [-0.39, 0.29) is 18.4 Å². The van der Waals surface area contributed by atoms with Gasteiger partial charge in [-0.3, -0.25) is 9.69 Å². The number of nitrogens with zero attached hydrogens (tertiary/aromatic N) is 2. The lowest BCUT2D eigenvalue weighted by Gasteiger charge is -2.25. The molecule has 0 aliphatic rings. The summed E-state index contributed by atoms with van der Waals surface area (Å²) in [4.78, 5) is 13.4. The zero-order valence-electron chi connectivity index (χ0n) is 12.8. The Balaban J connectivity index is 2.74. The van der Waals surface area contributed by atoms with Crippen LogP contribution in [0.3, 0.4) is 0 Å². The standard InChI is InChI=1S/C16H22N2O3/c1-4-18(11-10-16(19)21-5-2)15(12-17)13-6-8-14(20-3)9-7-13/h6-9,15H,4-5,10-11H2,1-3H3. The first-order chi connectivity index (χ1) is 10.2. The van der Waals surface area contributed by atoms with Crippen LogP contribution in [0.25, 0.3) is 0 Å². The SMILES string of the molecule is CCOC(=O)CCN(CC)C(C#N)c1ccc(OC)cc1. The normalized spacial score (nSPS) is 11.8. The number of rotatable bonds is 8. The van der Waals surface area contributed by atoms with Crippen LogP contribution in [0, 0.1) is 11.3 Å². The summed E-state index contributed by atoms with van der Waals surface area (Å²) < 4.78 is 10.0. The Morgan fingerprint density at radius 1 is 1.33 bits per heavy atom. The Bertz CT molecular complexity index is 479. The first kappa shape index (κ1) is 17.0. The maximum Gasteiger partial charge on any atom is 0.307 e. The highest BCUT2D eigenvalue weighted by Crippen LogP contribution is 2.22. The third-order valence-corrected chi connectivity index (χ3v) is 3.23. The third kappa shape index (κ3) is 5.09. The Morgan fingerprint density at radius 3 is 2.48 bits per heavy atom. The Labute approximate surface area is 126 Å². The molecule has 0 aliphatic carbocycles. The van der Waals surface area contributed by atoms with Crippen molar-refractivity contribution in [3.8, 4) is 11.8 Å². The summed E-state index contributed by atoms with van der Waals surface area (Å²) in [5.41, 5.74) is 0.893. The van der Waals surface area contributed by atoms with E-state index in [9.17, 15) is 10.1 Å². The second kappa shape index (κ2) is 8.98. The zero-order valence-corrected chi connectivity index (χ0v) is 12.8. The lowest BCUT2D eigenvalue weighted by atomic mass is 10.1. The zero-order chi connectivity index (χ0) is 15.7. The van der Waals surface area contributed by atoms with Gasteiger partial charge in [-0.05, 0) is 31.2 Å². The van der Waals surface area contributed by atoms with Crippen molar-refractivity contribution in [2.24, 2.45) is 0 Å². The molecule has 1 rings (SSSR count). The van der Waals surface area contributed by atoms with Crippen molar-refractivity contribution in [1.29, 1.82) is 5.26 Å². The molecule has 0 radical (unpaired) electrons. The Kier molecular flexibility index (Phi) is 7.27. The van der Waals surface area contributed by atoms with Gasteiger partial charge in [-0.2, -0.15) is 5.26 Å². The van der Waals surface area contributed by atoms with Crippen LogP contribution in [0.15, 0.2) is 24.3 Å². The summed E-state index contributed by atoms with van der Waals surface area (Å²) in [6.45, 7) is 5.32. The van der Waals surface area contributed by atoms with Crippen LogP contribution in [0.5, 0.6) is 5.75 Å². The number of carbonyl (C=O) groups is 1. The molecular formula is C16H22N2O3. The van der Waals surface area contributed by atoms with Crippen molar-refractivity contribution in [3.05, 3.63) is 29.8 Å². The quantitative estimate of drug-likeness (QED) is 0.688. The van der Waals surface area contributed by atoms with Crippen molar-refractivity contribution < 1.29 is 14.3 Å². The summed E-state index contributed by atoms with van der Waals surface area (Å²) in [7, 11) is 1.61. The van der Waals surface area contributed by atoms with Crippen LogP contribution in [-0.4, -0.2) is 37.7 Å². The summed E-state index contributed by atoms with van der Waals surface area (Å²) in [5, 5.41) is 9.44. The topological polar surface area (TPSA) is 62.6 Å². The highest BCUT2D eigenvalue weighted by Gasteiger charge is 2.19. The molecule has 114 valence electrons. The number of hydrogen-bond donors (Lipinski definition) is 0. The molecule has 0 saturated heterocycles. The highest BCUT2D eigenvalue weighted by molar-refractivity contribution is 5.69. The fraction of sp³-hybridized carbons (Fsp3) is 0.500. The number of methoxy groups -OCH3 is 1. The molecule has 0 aromatic heterocycles. The lowest BCUT2D eigenvalue weighted by Crippen LogP contribution is -2.30. The average molecular weight is 290 g/mol. The van der Waals surface area contributed by atoms with Crippen LogP contribution in [0.4, 0.5) is 0 Å². The van der Waals surface area contributed by atoms with E-state index in [4.69, 9.17) is 9.47 Å². The summed E-state index contributed by atoms with van der Waals surface area (Å²) in [5.74, 6) is 0.521. The fourth-order valence-electron chi connectivity index (χ4n) is 2.09. The third-order valence-electron chi connectivity index (χ3n) is 3.23. The van der Waals surface area contributed by atoms with Gasteiger partial charge >= 0.3 is 5.97 Å². The van der Waals surface area contributed by atoms with E-state index < -0.39 is 0 Å². The number of nitriles is 1. The number of carbonyl (C=O) groups excluding carboxylic acids is 1. The molecule has 0 bridgehead atoms. The predicted molar refractivity (Wildman–Crippen MR) is 79.8 cm³/mol. The van der Waals surface area contributed by atoms with E-state index in [0.29, 0.717) is 19.7 Å². The van der Waals surface area contributed by atoms with Gasteiger partial charge in [0, 0.05) is 6.54 Å². The molecule has 1 aromatic rings. The highest BCUT2D eigenvalue weighted by atomic mass is 16.5. The van der Waals surface area contributed by atoms with Crippen molar-refractivity contribution in [1.82, 2.24) is 4.90 Å². The summed E-state index contributed by atoms with van der Waals surface area (Å²) in [6, 6.07) is 9.33. The smallest absolute Gasteiger partial charge is 0.307 e. The van der Waals surface area contributed by atoms with E-state index in [2.05, 4.69) is 6.07 Å². The van der Waals surface area contributed by atoms with Crippen molar-refractivity contribution >= 4 is 5.97 Å². The molecule has 0 spiro atoms. The van der Waals surface area contributed by atoms with Gasteiger partial charge in [0.2, 0.25) is 0 Å². The van der Waals surface area contributed by atoms with Gasteiger partial charge in [-0.25, -0.2) is 0 Å². The van der Waals surface area contributed by atoms with Crippen LogP contribution < -0.4 is 4.74 Å². The van der Waals surface area contributed by atoms with Crippen molar-refractivity contribution in [3.63, 3.8) is 0 Å². The second-order valence-corrected chi connectivity index (χ2v) is 4.49. The lowest BCUT2D eigenvalue weighted by molar-refractivity contribution is -0.143. The molecule has 0 aliphatic heterocycles. The van der Waals surface area contributed by atoms with E-state index in [1.807, 2.05) is 36.1 Å². The molecule has 0 saturated carbocycles. The van der Waals surface area contributed by atoms with Crippen LogP contribution in [0.1, 0.15) is 31.9 Å². The number of ether oxygens (including phenoxy) is 2. The molecule has 1 atom stereocenters. The minimum Gasteiger partial charge on any atom is -0.497 e. The van der Waals surface area contributed by atoms with Gasteiger partial charge in [0.25, 0.3) is 0 Å². The van der Waals surface area contributed by atoms with Crippen molar-refractivity contribution in [2.75, 3.05) is 26.8 Å². The minimum absolute atomic E-state index is 0.234. The number of esters is 1. The summed E-state index contributed by atoms with van der Waals surface area (Å²) >= 11 is 0. The predicted octanol–water partition coefficient (Wildman–Crippen LogP) is 2.53. The van der Waals surface area contributed by atoms with Crippen LogP contribution >= 0.6 is 0 Å². The molecule has 0 heterocycles. The van der Waals surface area contributed by atoms with Crippen molar-refractivity contribution in [2.45, 2.75) is 26.3 Å². The fourth-order valence-corrected chi connectivity index (χ4v) is 2.09. The minimum atomic E-state index is -0.379. The Morgan fingerprint density at radius 2 is 2.00 bits per heavy atom. The van der Waals surface area contributed by atoms with Gasteiger partial charge in [0.15, 0.2) is 0 Å². The molecule has 0 fully saturated rings. The molecule has 21 heavy (non-hydrogen) atoms. The number of benzene rings is 1. The molecule has 1 unspecified atom stereocenters. The van der Waals surface area contributed by atoms with Gasteiger partial charge in [0.05, 0.1) is 26.2 Å². The molecule has 5 heteroatoms. The van der Waals surface area contributed by atoms with Gasteiger partial charge in [-0.1, -0.05) is 19.1 Å². The van der Waals surface area contributed by atoms with Gasteiger partial charge in [0.1, 0.15) is 11.8 Å². The molecule has 0 N–H and O–H groups in total. The van der Waals surface area contributed by atoms with E-state index in [0.717, 1.165) is 11.3 Å². The van der Waals surface area contributed by atoms with Crippen LogP contribution in [-0.2, 0) is 9.53 Å². The first-order valence-corrected chi connectivity index (χ1v) is 7.09. The number of hydrogen-bond acceptors (Lipinski definition) is 5. The summed E-state index contributed by atoms with van der Waals surface area (Å²) in [6.07, 6.45) is 0.288. The van der Waals surface area contributed by atoms with Gasteiger partial charge in [-0.15, -0.1) is 0 Å². The first-order valence-electron chi connectivity index (χ1n) is 7.09. The maximum atomic E-state index is 11.4. The van der Waals surface area contributed by atoms with E-state index in [1.54, 1.807) is 14.0 Å². The second-order valence-electron chi connectivity index (χ2n) is 4.49. The average Bonchev–Trinajstić information content (AvgIpc) is 2.52. The Hall–Kier alpha value is -2.06. The molecular weight excluding hydrogens is 268 g/mol. The van der Waals surface area contributed by atoms with E-state index in [1.165, 1.54) is 0 Å². The monoisotopic (exact) mass is 290 g/mol.